The summed E-state index contributed by atoms with van der Waals surface area (Å²) in [6.07, 6.45) is 4.57. The molecule has 4 heterocycles. The maximum absolute atomic E-state index is 14.2. The number of ether oxygens (including phenoxy) is 2. The number of likely N-dealkylation sites (N-methyl/N-ethyl adjacent to an activating group) is 1. The van der Waals surface area contributed by atoms with E-state index in [0.717, 1.165) is 5.56 Å². The molecule has 0 unspecified atom stereocenters. The predicted octanol–water partition coefficient (Wildman–Crippen LogP) is 3.62. The van der Waals surface area contributed by atoms with Crippen molar-refractivity contribution in [2.24, 2.45) is 11.8 Å². The first-order valence-corrected chi connectivity index (χ1v) is 18.0. The summed E-state index contributed by atoms with van der Waals surface area (Å²) in [6, 6.07) is 12.3. The van der Waals surface area contributed by atoms with Gasteiger partial charge in [-0.15, -0.1) is 5.10 Å². The van der Waals surface area contributed by atoms with Crippen molar-refractivity contribution < 1.29 is 28.7 Å². The second-order valence-electron chi connectivity index (χ2n) is 13.9. The van der Waals surface area contributed by atoms with Crippen LogP contribution in [0.2, 0.25) is 0 Å². The number of rotatable bonds is 4. The van der Waals surface area contributed by atoms with Crippen molar-refractivity contribution in [2.45, 2.75) is 91.1 Å². The zero-order chi connectivity index (χ0) is 36.5. The van der Waals surface area contributed by atoms with Crippen molar-refractivity contribution in [1.82, 2.24) is 35.4 Å². The molecule has 0 saturated carbocycles. The van der Waals surface area contributed by atoms with E-state index in [-0.39, 0.29) is 41.7 Å². The van der Waals surface area contributed by atoms with E-state index in [4.69, 9.17) is 9.47 Å². The second-order valence-corrected chi connectivity index (χ2v) is 13.9. The highest BCUT2D eigenvalue weighted by Gasteiger charge is 2.42. The standard InChI is InChI=1S/C38H51N7O6/c1-6-26(4)34-36(47)39-18-17-27-13-15-29(16-14-27)50-21-20-44-23-28(41-42-44)24-51-33-12-8-7-10-30(33)35(46)40-31(22-25(2)3)37(48)45-19-9-11-32(45)38(49)43(34)5/h7-8,10,12-16,23,25-26,31-32,34H,6,9,11,17-22,24H2,1-5H3,(H,39,47)(H,40,46)/t26-,31+,32+,34-/m0/s1. The van der Waals surface area contributed by atoms with Crippen LogP contribution in [0.25, 0.3) is 0 Å². The molecule has 274 valence electrons. The molecule has 4 amide bonds. The van der Waals surface area contributed by atoms with Gasteiger partial charge in [-0.05, 0) is 67.3 Å². The van der Waals surface area contributed by atoms with Crippen LogP contribution in [-0.2, 0) is 34.0 Å². The minimum Gasteiger partial charge on any atom is -0.492 e. The lowest BCUT2D eigenvalue weighted by Gasteiger charge is -2.36. The second kappa shape index (κ2) is 17.3. The molecule has 3 aromatic rings. The molecular weight excluding hydrogens is 650 g/mol. The van der Waals surface area contributed by atoms with E-state index in [0.29, 0.717) is 75.5 Å². The summed E-state index contributed by atoms with van der Waals surface area (Å²) in [6.45, 7) is 9.64. The first-order chi connectivity index (χ1) is 24.5. The van der Waals surface area contributed by atoms with E-state index in [1.165, 1.54) is 4.90 Å². The van der Waals surface area contributed by atoms with Gasteiger partial charge in [-0.3, -0.25) is 19.2 Å². The van der Waals surface area contributed by atoms with E-state index in [9.17, 15) is 19.2 Å². The van der Waals surface area contributed by atoms with Crippen LogP contribution in [0.15, 0.2) is 54.7 Å². The summed E-state index contributed by atoms with van der Waals surface area (Å²) in [5.41, 5.74) is 1.90. The molecule has 4 bridgehead atoms. The first-order valence-electron chi connectivity index (χ1n) is 18.0. The summed E-state index contributed by atoms with van der Waals surface area (Å²) in [5.74, 6) is -0.248. The lowest BCUT2D eigenvalue weighted by molar-refractivity contribution is -0.148. The van der Waals surface area contributed by atoms with E-state index in [2.05, 4.69) is 20.9 Å². The number of hydrogen-bond acceptors (Lipinski definition) is 8. The van der Waals surface area contributed by atoms with Crippen molar-refractivity contribution >= 4 is 23.6 Å². The fraction of sp³-hybridized carbons (Fsp3) is 0.526. The largest absolute Gasteiger partial charge is 0.492 e. The topological polar surface area (TPSA) is 148 Å². The number of fused-ring (bicyclic) bond motifs is 14. The van der Waals surface area contributed by atoms with Crippen LogP contribution in [0.4, 0.5) is 0 Å². The van der Waals surface area contributed by atoms with Crippen molar-refractivity contribution in [3.63, 3.8) is 0 Å². The fourth-order valence-corrected chi connectivity index (χ4v) is 6.72. The fourth-order valence-electron chi connectivity index (χ4n) is 6.72. The molecule has 0 spiro atoms. The van der Waals surface area contributed by atoms with Gasteiger partial charge in [-0.25, -0.2) is 4.68 Å². The van der Waals surface area contributed by atoms with Gasteiger partial charge in [0.05, 0.1) is 18.3 Å². The lowest BCUT2D eigenvalue weighted by atomic mass is 9.96. The Labute approximate surface area is 300 Å². The van der Waals surface area contributed by atoms with Crippen molar-refractivity contribution in [1.29, 1.82) is 0 Å². The van der Waals surface area contributed by atoms with Gasteiger partial charge >= 0.3 is 0 Å². The monoisotopic (exact) mass is 701 g/mol. The maximum atomic E-state index is 14.2. The van der Waals surface area contributed by atoms with Crippen molar-refractivity contribution in [2.75, 3.05) is 26.7 Å². The number of hydrogen-bond donors (Lipinski definition) is 2. The molecule has 13 nitrogen and oxygen atoms in total. The number of benzene rings is 2. The third kappa shape index (κ3) is 9.44. The molecule has 1 saturated heterocycles. The summed E-state index contributed by atoms with van der Waals surface area (Å²) in [4.78, 5) is 58.9. The zero-order valence-electron chi connectivity index (χ0n) is 30.3. The number of amides is 4. The number of carbonyl (C=O) groups is 4. The Kier molecular flexibility index (Phi) is 12.7. The SMILES string of the molecule is CC[C@H](C)[C@H]1C(=O)NCCc2ccc(cc2)OCCn2cc(nn2)COc2ccccc2C(=O)N[C@H](CC(C)C)C(=O)N2CCC[C@@H]2C(=O)N1C. The molecule has 2 aromatic carbocycles. The third-order valence-electron chi connectivity index (χ3n) is 9.67. The Bertz CT molecular complexity index is 1660. The summed E-state index contributed by atoms with van der Waals surface area (Å²) >= 11 is 0. The number of aromatic nitrogens is 3. The van der Waals surface area contributed by atoms with E-state index >= 15 is 0 Å². The highest BCUT2D eigenvalue weighted by atomic mass is 16.5. The van der Waals surface area contributed by atoms with Gasteiger partial charge in [0.15, 0.2) is 0 Å². The van der Waals surface area contributed by atoms with Gasteiger partial charge in [0, 0.05) is 20.1 Å². The summed E-state index contributed by atoms with van der Waals surface area (Å²) in [5, 5.41) is 14.4. The highest BCUT2D eigenvalue weighted by molar-refractivity contribution is 6.00. The quantitative estimate of drug-likeness (QED) is 0.420. The van der Waals surface area contributed by atoms with Crippen LogP contribution in [-0.4, -0.2) is 93.3 Å². The average molecular weight is 702 g/mol. The van der Waals surface area contributed by atoms with Crippen LogP contribution in [0.5, 0.6) is 11.5 Å². The van der Waals surface area contributed by atoms with Gasteiger partial charge in [0.2, 0.25) is 17.7 Å². The Hall–Kier alpha value is -4.94. The van der Waals surface area contributed by atoms with Gasteiger partial charge < -0.3 is 29.9 Å². The molecule has 1 fully saturated rings. The number of carbonyl (C=O) groups excluding carboxylic acids is 4. The Morgan fingerprint density at radius 2 is 1.73 bits per heavy atom. The highest BCUT2D eigenvalue weighted by Crippen LogP contribution is 2.26. The van der Waals surface area contributed by atoms with E-state index in [1.807, 2.05) is 52.0 Å². The summed E-state index contributed by atoms with van der Waals surface area (Å²) in [7, 11) is 1.65. The van der Waals surface area contributed by atoms with E-state index in [1.54, 1.807) is 47.1 Å². The van der Waals surface area contributed by atoms with Crippen molar-refractivity contribution in [3.8, 4) is 11.5 Å². The van der Waals surface area contributed by atoms with E-state index < -0.39 is 24.0 Å². The normalized spacial score (nSPS) is 22.0. The molecule has 0 aliphatic carbocycles. The zero-order valence-corrected chi connectivity index (χ0v) is 30.3. The first kappa shape index (κ1) is 37.3. The molecule has 2 N–H and O–H groups in total. The van der Waals surface area contributed by atoms with Crippen LogP contribution >= 0.6 is 0 Å². The Balaban J connectivity index is 1.42. The molecule has 13 heteroatoms. The molecule has 6 rings (SSSR count). The van der Waals surface area contributed by atoms with Gasteiger partial charge in [-0.2, -0.15) is 0 Å². The molecule has 1 aromatic heterocycles. The molecule has 3 aliphatic rings. The lowest BCUT2D eigenvalue weighted by Crippen LogP contribution is -2.58. The van der Waals surface area contributed by atoms with Crippen LogP contribution < -0.4 is 20.1 Å². The van der Waals surface area contributed by atoms with Crippen LogP contribution in [0.3, 0.4) is 0 Å². The minimum atomic E-state index is -0.864. The average Bonchev–Trinajstić information content (AvgIpc) is 3.80. The predicted molar refractivity (Wildman–Crippen MR) is 191 cm³/mol. The number of nitrogens with one attached hydrogen (secondary N) is 2. The smallest absolute Gasteiger partial charge is 0.255 e. The molecule has 4 atom stereocenters. The van der Waals surface area contributed by atoms with Gasteiger partial charge in [0.25, 0.3) is 5.91 Å². The van der Waals surface area contributed by atoms with Crippen LogP contribution in [0.1, 0.15) is 75.0 Å². The molecule has 3 aliphatic heterocycles. The van der Waals surface area contributed by atoms with Crippen LogP contribution in [0, 0.1) is 11.8 Å². The minimum absolute atomic E-state index is 0.0826. The Morgan fingerprint density at radius 3 is 2.47 bits per heavy atom. The summed E-state index contributed by atoms with van der Waals surface area (Å²) < 4.78 is 13.6. The molecule has 0 radical (unpaired) electrons. The number of nitrogens with zero attached hydrogens (tertiary/aromatic N) is 5. The third-order valence-corrected chi connectivity index (χ3v) is 9.67. The Morgan fingerprint density at radius 1 is 0.961 bits per heavy atom. The number of para-hydroxylation sites is 1. The van der Waals surface area contributed by atoms with Gasteiger partial charge in [0.1, 0.15) is 48.5 Å². The maximum Gasteiger partial charge on any atom is 0.255 e. The molecule has 51 heavy (non-hydrogen) atoms. The van der Waals surface area contributed by atoms with Gasteiger partial charge in [-0.1, -0.05) is 63.6 Å². The van der Waals surface area contributed by atoms with Crippen molar-refractivity contribution in [3.05, 3.63) is 71.5 Å². The molecular formula is C38H51N7O6.